The number of carbonyl (C=O) groups excluding carboxylic acids is 2. The third-order valence-corrected chi connectivity index (χ3v) is 7.69. The molecule has 8 nitrogen and oxygen atoms in total. The van der Waals surface area contributed by atoms with Gasteiger partial charge in [-0.15, -0.1) is 0 Å². The Morgan fingerprint density at radius 3 is 2.47 bits per heavy atom. The van der Waals surface area contributed by atoms with Crippen molar-refractivity contribution in [2.75, 3.05) is 31.1 Å². The molecule has 170 valence electrons. The van der Waals surface area contributed by atoms with Crippen LogP contribution in [0.1, 0.15) is 30.4 Å². The summed E-state index contributed by atoms with van der Waals surface area (Å²) in [7, 11) is -3.52. The first-order chi connectivity index (χ1) is 15.4. The minimum absolute atomic E-state index is 0.127. The summed E-state index contributed by atoms with van der Waals surface area (Å²) < 4.78 is 32.5. The van der Waals surface area contributed by atoms with E-state index in [1.807, 2.05) is 30.3 Å². The van der Waals surface area contributed by atoms with E-state index in [9.17, 15) is 18.0 Å². The molecule has 9 heteroatoms. The average Bonchev–Trinajstić information content (AvgIpc) is 3.26. The molecule has 0 unspecified atom stereocenters. The highest BCUT2D eigenvalue weighted by molar-refractivity contribution is 7.89. The summed E-state index contributed by atoms with van der Waals surface area (Å²) in [5.74, 6) is -0.271. The number of piperidine rings is 1. The molecule has 2 aliphatic heterocycles. The van der Waals surface area contributed by atoms with Crippen LogP contribution >= 0.6 is 0 Å². The Bertz CT molecular complexity index is 1080. The molecular formula is C23H27N3O5S. The smallest absolute Gasteiger partial charge is 0.407 e. The molecule has 0 spiro atoms. The maximum Gasteiger partial charge on any atom is 0.407 e. The number of benzene rings is 2. The predicted molar refractivity (Wildman–Crippen MR) is 120 cm³/mol. The number of alkyl carbamates (subject to hydrolysis) is 1. The Hall–Kier alpha value is -2.91. The minimum Gasteiger partial charge on any atom is -0.445 e. The van der Waals surface area contributed by atoms with Crippen molar-refractivity contribution in [2.45, 2.75) is 37.2 Å². The normalized spacial score (nSPS) is 16.4. The molecule has 1 saturated heterocycles. The van der Waals surface area contributed by atoms with E-state index in [2.05, 4.69) is 5.32 Å². The zero-order valence-electron chi connectivity index (χ0n) is 17.8. The van der Waals surface area contributed by atoms with Gasteiger partial charge in [0.05, 0.1) is 4.90 Å². The summed E-state index contributed by atoms with van der Waals surface area (Å²) in [6, 6.07) is 14.2. The van der Waals surface area contributed by atoms with Gasteiger partial charge in [-0.25, -0.2) is 13.2 Å². The zero-order valence-corrected chi connectivity index (χ0v) is 18.6. The lowest BCUT2D eigenvalue weighted by Gasteiger charge is -2.26. The van der Waals surface area contributed by atoms with Crippen molar-refractivity contribution in [1.82, 2.24) is 9.62 Å². The van der Waals surface area contributed by atoms with Crippen LogP contribution in [0.4, 0.5) is 10.5 Å². The fraction of sp³-hybridized carbons (Fsp3) is 0.391. The van der Waals surface area contributed by atoms with E-state index < -0.39 is 16.1 Å². The van der Waals surface area contributed by atoms with Gasteiger partial charge in [-0.05, 0) is 48.6 Å². The van der Waals surface area contributed by atoms with Crippen molar-refractivity contribution in [3.8, 4) is 0 Å². The van der Waals surface area contributed by atoms with Gasteiger partial charge in [-0.1, -0.05) is 36.8 Å². The molecule has 2 heterocycles. The highest BCUT2D eigenvalue weighted by Gasteiger charge is 2.30. The van der Waals surface area contributed by atoms with E-state index in [1.54, 1.807) is 27.4 Å². The highest BCUT2D eigenvalue weighted by Crippen LogP contribution is 2.31. The van der Waals surface area contributed by atoms with Crippen LogP contribution in [-0.2, 0) is 32.6 Å². The van der Waals surface area contributed by atoms with E-state index in [0.29, 0.717) is 31.7 Å². The van der Waals surface area contributed by atoms with Gasteiger partial charge in [0.1, 0.15) is 13.2 Å². The molecular weight excluding hydrogens is 430 g/mol. The summed E-state index contributed by atoms with van der Waals surface area (Å²) in [5.41, 5.74) is 2.37. The van der Waals surface area contributed by atoms with Crippen LogP contribution in [0.15, 0.2) is 53.4 Å². The second kappa shape index (κ2) is 9.70. The maximum atomic E-state index is 12.9. The predicted octanol–water partition coefficient (Wildman–Crippen LogP) is 2.68. The molecule has 0 bridgehead atoms. The highest BCUT2D eigenvalue weighted by atomic mass is 32.2. The van der Waals surface area contributed by atoms with E-state index >= 15 is 0 Å². The second-order valence-electron chi connectivity index (χ2n) is 7.97. The number of anilines is 1. The summed E-state index contributed by atoms with van der Waals surface area (Å²) in [6.07, 6.45) is 2.73. The van der Waals surface area contributed by atoms with E-state index in [4.69, 9.17) is 4.74 Å². The lowest BCUT2D eigenvalue weighted by molar-refractivity contribution is -0.117. The number of nitrogens with one attached hydrogen (secondary N) is 1. The quantitative estimate of drug-likeness (QED) is 0.720. The zero-order chi connectivity index (χ0) is 22.6. The van der Waals surface area contributed by atoms with Gasteiger partial charge in [0.15, 0.2) is 0 Å². The number of nitrogens with zero attached hydrogens (tertiary/aromatic N) is 2. The van der Waals surface area contributed by atoms with Gasteiger partial charge < -0.3 is 15.0 Å². The van der Waals surface area contributed by atoms with Gasteiger partial charge in [0, 0.05) is 25.3 Å². The Balaban J connectivity index is 1.34. The lowest BCUT2D eigenvalue weighted by atomic mass is 10.2. The number of amides is 2. The van der Waals surface area contributed by atoms with Crippen molar-refractivity contribution < 1.29 is 22.7 Å². The molecule has 0 saturated carbocycles. The van der Waals surface area contributed by atoms with Crippen molar-refractivity contribution in [3.05, 3.63) is 59.7 Å². The molecule has 2 aromatic rings. The average molecular weight is 458 g/mol. The van der Waals surface area contributed by atoms with Gasteiger partial charge in [-0.2, -0.15) is 4.31 Å². The SMILES string of the molecule is O=C(NCC(=O)N1CCc2cc(S(=O)(=O)N3CCCCC3)ccc21)OCc1ccccc1. The Labute approximate surface area is 188 Å². The standard InChI is InChI=1S/C23H27N3O5S/c27-22(16-24-23(28)31-17-18-7-3-1-4-8-18)26-14-11-19-15-20(9-10-21(19)26)32(29,30)25-12-5-2-6-13-25/h1,3-4,7-10,15H,2,5-6,11-14,16-17H2,(H,24,28). The van der Waals surface area contributed by atoms with Crippen molar-refractivity contribution >= 4 is 27.7 Å². The third-order valence-electron chi connectivity index (χ3n) is 5.80. The number of rotatable bonds is 6. The molecule has 1 N–H and O–H groups in total. The van der Waals surface area contributed by atoms with Gasteiger partial charge in [0.25, 0.3) is 0 Å². The lowest BCUT2D eigenvalue weighted by Crippen LogP contribution is -2.39. The summed E-state index contributed by atoms with van der Waals surface area (Å²) in [6.45, 7) is 1.48. The molecule has 0 radical (unpaired) electrons. The molecule has 0 aliphatic carbocycles. The number of hydrogen-bond donors (Lipinski definition) is 1. The molecule has 0 atom stereocenters. The second-order valence-corrected chi connectivity index (χ2v) is 9.90. The molecule has 1 fully saturated rings. The first-order valence-electron chi connectivity index (χ1n) is 10.8. The molecule has 2 aliphatic rings. The topological polar surface area (TPSA) is 96.0 Å². The molecule has 4 rings (SSSR count). The number of ether oxygens (including phenoxy) is 1. The number of fused-ring (bicyclic) bond motifs is 1. The van der Waals surface area contributed by atoms with Crippen LogP contribution in [0.5, 0.6) is 0 Å². The third kappa shape index (κ3) is 4.94. The van der Waals surface area contributed by atoms with Crippen LogP contribution in [0.25, 0.3) is 0 Å². The van der Waals surface area contributed by atoms with Crippen LogP contribution in [0.3, 0.4) is 0 Å². The monoisotopic (exact) mass is 457 g/mol. The molecule has 0 aromatic heterocycles. The van der Waals surface area contributed by atoms with Crippen LogP contribution in [0, 0.1) is 0 Å². The first-order valence-corrected chi connectivity index (χ1v) is 12.3. The Morgan fingerprint density at radius 1 is 0.969 bits per heavy atom. The van der Waals surface area contributed by atoms with E-state index in [1.165, 1.54) is 0 Å². The number of carbonyl (C=O) groups is 2. The van der Waals surface area contributed by atoms with E-state index in [-0.39, 0.29) is 24.0 Å². The fourth-order valence-electron chi connectivity index (χ4n) is 4.07. The van der Waals surface area contributed by atoms with E-state index in [0.717, 1.165) is 30.4 Å². The largest absolute Gasteiger partial charge is 0.445 e. The summed E-state index contributed by atoms with van der Waals surface area (Å²) in [4.78, 5) is 26.4. The van der Waals surface area contributed by atoms with Crippen molar-refractivity contribution in [1.29, 1.82) is 0 Å². The van der Waals surface area contributed by atoms with Crippen LogP contribution in [-0.4, -0.2) is 50.9 Å². The first kappa shape index (κ1) is 22.3. The number of hydrogen-bond acceptors (Lipinski definition) is 5. The molecule has 2 aromatic carbocycles. The number of sulfonamides is 1. The Kier molecular flexibility index (Phi) is 6.76. The molecule has 32 heavy (non-hydrogen) atoms. The van der Waals surface area contributed by atoms with Crippen LogP contribution < -0.4 is 10.2 Å². The maximum absolute atomic E-state index is 12.9. The Morgan fingerprint density at radius 2 is 1.72 bits per heavy atom. The molecule has 2 amide bonds. The van der Waals surface area contributed by atoms with Crippen molar-refractivity contribution in [2.24, 2.45) is 0 Å². The van der Waals surface area contributed by atoms with Gasteiger partial charge >= 0.3 is 6.09 Å². The van der Waals surface area contributed by atoms with Gasteiger partial charge in [0.2, 0.25) is 15.9 Å². The van der Waals surface area contributed by atoms with Gasteiger partial charge in [-0.3, -0.25) is 4.79 Å². The van der Waals surface area contributed by atoms with Crippen molar-refractivity contribution in [3.63, 3.8) is 0 Å². The minimum atomic E-state index is -3.52. The van der Waals surface area contributed by atoms with Crippen LogP contribution in [0.2, 0.25) is 0 Å². The summed E-state index contributed by atoms with van der Waals surface area (Å²) >= 11 is 0. The summed E-state index contributed by atoms with van der Waals surface area (Å²) in [5, 5.41) is 2.48. The fourth-order valence-corrected chi connectivity index (χ4v) is 5.64.